The zero-order chi connectivity index (χ0) is 18.8. The second kappa shape index (κ2) is 8.37. The molecule has 4 heteroatoms. The minimum Gasteiger partial charge on any atom is -1.00 e. The molecule has 3 nitrogen and oxygen atoms in total. The molecule has 2 aromatic carbocycles. The van der Waals surface area contributed by atoms with E-state index >= 15 is 0 Å². The van der Waals surface area contributed by atoms with Crippen molar-refractivity contribution in [1.29, 1.82) is 5.26 Å². The van der Waals surface area contributed by atoms with Gasteiger partial charge >= 0.3 is 0 Å². The molecule has 0 spiro atoms. The lowest BCUT2D eigenvalue weighted by Gasteiger charge is -2.60. The molecule has 3 saturated heterocycles. The summed E-state index contributed by atoms with van der Waals surface area (Å²) in [6.07, 6.45) is 4.12. The Balaban J connectivity index is 0.00000225. The zero-order valence-electron chi connectivity index (χ0n) is 16.4. The summed E-state index contributed by atoms with van der Waals surface area (Å²) in [5.74, 6) is 0. The van der Waals surface area contributed by atoms with Gasteiger partial charge in [0, 0.05) is 37.7 Å². The molecule has 0 unspecified atom stereocenters. The number of nitrogens with zero attached hydrogens (tertiary/aromatic N) is 2. The summed E-state index contributed by atoms with van der Waals surface area (Å²) in [5.41, 5.74) is 1.67. The van der Waals surface area contributed by atoms with Gasteiger partial charge in [-0.05, 0) is 11.1 Å². The number of quaternary nitrogens is 1. The highest BCUT2D eigenvalue weighted by atomic mass is 79.9. The Hall–Kier alpha value is -1.67. The minimum absolute atomic E-state index is 0. The van der Waals surface area contributed by atoms with Gasteiger partial charge in [-0.1, -0.05) is 60.7 Å². The van der Waals surface area contributed by atoms with E-state index in [1.165, 1.54) is 0 Å². The largest absolute Gasteiger partial charge is 1.00 e. The fourth-order valence-corrected chi connectivity index (χ4v) is 5.77. The van der Waals surface area contributed by atoms with Crippen molar-refractivity contribution >= 4 is 0 Å². The van der Waals surface area contributed by atoms with E-state index in [4.69, 9.17) is 0 Å². The van der Waals surface area contributed by atoms with Crippen molar-refractivity contribution in [2.75, 3.05) is 32.8 Å². The number of halogens is 1. The topological polar surface area (TPSA) is 44.0 Å². The van der Waals surface area contributed by atoms with Gasteiger partial charge in [-0.3, -0.25) is 0 Å². The maximum absolute atomic E-state index is 10.7. The van der Waals surface area contributed by atoms with Crippen LogP contribution in [0, 0.1) is 16.7 Å². The number of fused-ring (bicyclic) bond motifs is 3. The first-order chi connectivity index (χ1) is 13.2. The molecule has 0 radical (unpaired) electrons. The third kappa shape index (κ3) is 3.20. The van der Waals surface area contributed by atoms with E-state index in [2.05, 4.69) is 54.6 Å². The molecule has 148 valence electrons. The van der Waals surface area contributed by atoms with Crippen LogP contribution in [-0.2, 0) is 5.41 Å². The van der Waals surface area contributed by atoms with Gasteiger partial charge in [0.25, 0.3) is 0 Å². The Bertz CT molecular complexity index is 751. The van der Waals surface area contributed by atoms with Crippen LogP contribution in [0.3, 0.4) is 0 Å². The number of aliphatic hydroxyl groups is 1. The van der Waals surface area contributed by atoms with E-state index in [9.17, 15) is 10.4 Å². The Morgan fingerprint density at radius 1 is 0.893 bits per heavy atom. The predicted octanol–water partition coefficient (Wildman–Crippen LogP) is 0.883. The summed E-state index contributed by atoms with van der Waals surface area (Å²) in [7, 11) is 0. The third-order valence-electron chi connectivity index (χ3n) is 7.36. The van der Waals surface area contributed by atoms with Gasteiger partial charge in [0.2, 0.25) is 0 Å². The van der Waals surface area contributed by atoms with E-state index in [1.54, 1.807) is 0 Å². The summed E-state index contributed by atoms with van der Waals surface area (Å²) < 4.78 is 1.13. The second-order valence-corrected chi connectivity index (χ2v) is 8.44. The first-order valence-corrected chi connectivity index (χ1v) is 10.2. The molecule has 0 amide bonds. The van der Waals surface area contributed by atoms with Crippen molar-refractivity contribution < 1.29 is 26.6 Å². The van der Waals surface area contributed by atoms with Crippen LogP contribution in [0.5, 0.6) is 0 Å². The summed E-state index contributed by atoms with van der Waals surface area (Å²) >= 11 is 0. The number of hydrogen-bond donors (Lipinski definition) is 1. The molecule has 3 aliphatic heterocycles. The highest BCUT2D eigenvalue weighted by molar-refractivity contribution is 5.49. The Kier molecular flexibility index (Phi) is 6.29. The molecule has 0 aromatic heterocycles. The highest BCUT2D eigenvalue weighted by Gasteiger charge is 2.61. The monoisotopic (exact) mass is 440 g/mol. The Labute approximate surface area is 179 Å². The van der Waals surface area contributed by atoms with Gasteiger partial charge in [-0.25, -0.2) is 0 Å². The molecule has 3 aliphatic rings. The van der Waals surface area contributed by atoms with Crippen LogP contribution in [-0.4, -0.2) is 42.4 Å². The van der Waals surface area contributed by atoms with Crippen molar-refractivity contribution in [2.45, 2.75) is 31.1 Å². The summed E-state index contributed by atoms with van der Waals surface area (Å²) in [6, 6.07) is 23.7. The fourth-order valence-electron chi connectivity index (χ4n) is 5.77. The quantitative estimate of drug-likeness (QED) is 0.677. The standard InChI is InChI=1S/C24H29N2O.BrH/c25-20-24(21-8-3-1-4-9-21,22-10-5-2-6-11-22)23-12-16-26(17-13-23,18-14-23)15-7-19-27;/h1-6,8-11,27H,7,12-19H2;1H/q+1;/p-1. The van der Waals surface area contributed by atoms with Crippen LogP contribution >= 0.6 is 0 Å². The van der Waals surface area contributed by atoms with E-state index in [0.717, 1.165) is 67.5 Å². The minimum atomic E-state index is -0.594. The van der Waals surface area contributed by atoms with Gasteiger partial charge in [0.05, 0.1) is 32.2 Å². The number of aliphatic hydroxyl groups excluding tert-OH is 1. The molecule has 2 aromatic rings. The predicted molar refractivity (Wildman–Crippen MR) is 107 cm³/mol. The van der Waals surface area contributed by atoms with Gasteiger partial charge in [-0.15, -0.1) is 0 Å². The van der Waals surface area contributed by atoms with Gasteiger partial charge < -0.3 is 26.6 Å². The van der Waals surface area contributed by atoms with Crippen LogP contribution < -0.4 is 17.0 Å². The van der Waals surface area contributed by atoms with Crippen molar-refractivity contribution in [2.24, 2.45) is 5.41 Å². The van der Waals surface area contributed by atoms with Crippen LogP contribution in [0.4, 0.5) is 0 Å². The van der Waals surface area contributed by atoms with E-state index in [1.807, 2.05) is 12.1 Å². The van der Waals surface area contributed by atoms with Crippen molar-refractivity contribution in [3.8, 4) is 6.07 Å². The molecule has 0 aliphatic carbocycles. The smallest absolute Gasteiger partial charge is 0.113 e. The van der Waals surface area contributed by atoms with Crippen molar-refractivity contribution in [3.05, 3.63) is 71.8 Å². The maximum atomic E-state index is 10.7. The van der Waals surface area contributed by atoms with Crippen LogP contribution in [0.1, 0.15) is 36.8 Å². The van der Waals surface area contributed by atoms with Crippen LogP contribution in [0.2, 0.25) is 0 Å². The lowest BCUT2D eigenvalue weighted by Crippen LogP contribution is -3.00. The number of piperidine rings is 3. The first-order valence-electron chi connectivity index (χ1n) is 10.2. The number of hydrogen-bond acceptors (Lipinski definition) is 2. The number of benzene rings is 2. The molecule has 1 N–H and O–H groups in total. The van der Waals surface area contributed by atoms with Gasteiger partial charge in [0.15, 0.2) is 0 Å². The molecular formula is C24H29BrN2O. The average molecular weight is 441 g/mol. The molecule has 2 bridgehead atoms. The SMILES string of the molecule is N#CC(c1ccccc1)(c1ccccc1)C12CC[N+](CCCO)(CC1)CC2.[Br-]. The fraction of sp³-hybridized carbons (Fsp3) is 0.458. The summed E-state index contributed by atoms with van der Waals surface area (Å²) in [6.45, 7) is 4.74. The summed E-state index contributed by atoms with van der Waals surface area (Å²) in [4.78, 5) is 0. The van der Waals surface area contributed by atoms with Crippen LogP contribution in [0.15, 0.2) is 60.7 Å². The average Bonchev–Trinajstić information content (AvgIpc) is 2.76. The number of nitriles is 1. The van der Waals surface area contributed by atoms with Crippen molar-refractivity contribution in [1.82, 2.24) is 0 Å². The van der Waals surface area contributed by atoms with Gasteiger partial charge in [-0.2, -0.15) is 5.26 Å². The number of rotatable bonds is 6. The molecular weight excluding hydrogens is 412 g/mol. The lowest BCUT2D eigenvalue weighted by molar-refractivity contribution is -0.946. The molecule has 3 heterocycles. The van der Waals surface area contributed by atoms with E-state index < -0.39 is 5.41 Å². The lowest BCUT2D eigenvalue weighted by atomic mass is 9.50. The normalized spacial score (nSPS) is 26.3. The molecule has 0 atom stereocenters. The molecule has 3 fully saturated rings. The van der Waals surface area contributed by atoms with E-state index in [-0.39, 0.29) is 29.0 Å². The Morgan fingerprint density at radius 3 is 1.75 bits per heavy atom. The molecule has 5 rings (SSSR count). The van der Waals surface area contributed by atoms with E-state index in [0.29, 0.717) is 0 Å². The third-order valence-corrected chi connectivity index (χ3v) is 7.36. The molecule has 0 saturated carbocycles. The van der Waals surface area contributed by atoms with Gasteiger partial charge in [0.1, 0.15) is 5.41 Å². The zero-order valence-corrected chi connectivity index (χ0v) is 17.9. The van der Waals surface area contributed by atoms with Crippen molar-refractivity contribution in [3.63, 3.8) is 0 Å². The summed E-state index contributed by atoms with van der Waals surface area (Å²) in [5, 5.41) is 19.9. The first kappa shape index (κ1) is 21.0. The second-order valence-electron chi connectivity index (χ2n) is 8.44. The Morgan fingerprint density at radius 2 is 1.36 bits per heavy atom. The maximum Gasteiger partial charge on any atom is 0.113 e. The van der Waals surface area contributed by atoms with Crippen LogP contribution in [0.25, 0.3) is 0 Å². The highest BCUT2D eigenvalue weighted by Crippen LogP contribution is 2.58. The molecule has 28 heavy (non-hydrogen) atoms.